The van der Waals surface area contributed by atoms with Gasteiger partial charge in [0.25, 0.3) is 5.91 Å². The minimum absolute atomic E-state index is 0.0546. The molecule has 0 atom stereocenters. The van der Waals surface area contributed by atoms with Gasteiger partial charge in [0.2, 0.25) is 0 Å². The van der Waals surface area contributed by atoms with E-state index in [0.717, 1.165) is 44.9 Å². The molecule has 3 aromatic carbocycles. The molecule has 2 N–H and O–H groups in total. The summed E-state index contributed by atoms with van der Waals surface area (Å²) in [6, 6.07) is 26.0. The summed E-state index contributed by atoms with van der Waals surface area (Å²) in [7, 11) is 0. The second-order valence-electron chi connectivity index (χ2n) is 11.0. The summed E-state index contributed by atoms with van der Waals surface area (Å²) in [6.45, 7) is 6.35. The first-order chi connectivity index (χ1) is 19.0. The minimum Gasteiger partial charge on any atom is -0.505 e. The number of carbonyl (C=O) groups is 1. The third-order valence-corrected chi connectivity index (χ3v) is 8.62. The molecule has 0 radical (unpaired) electrons. The molecule has 0 bridgehead atoms. The predicted octanol–water partition coefficient (Wildman–Crippen LogP) is 5.82. The largest absolute Gasteiger partial charge is 0.505 e. The van der Waals surface area contributed by atoms with Crippen LogP contribution in [0.2, 0.25) is 0 Å². The zero-order chi connectivity index (χ0) is 26.8. The molecule has 200 valence electrons. The summed E-state index contributed by atoms with van der Waals surface area (Å²) >= 11 is 0. The molecular formula is C32H35N5O2. The number of carbonyl (C=O) groups excluding carboxylic acids is 1. The zero-order valence-corrected chi connectivity index (χ0v) is 22.4. The summed E-state index contributed by atoms with van der Waals surface area (Å²) in [5, 5.41) is 22.3. The van der Waals surface area contributed by atoms with E-state index in [1.54, 1.807) is 18.2 Å². The van der Waals surface area contributed by atoms with Gasteiger partial charge in [0.05, 0.1) is 5.52 Å². The number of amides is 1. The molecule has 0 spiro atoms. The maximum atomic E-state index is 13.2. The van der Waals surface area contributed by atoms with Crippen molar-refractivity contribution in [3.63, 3.8) is 0 Å². The minimum atomic E-state index is -0.467. The summed E-state index contributed by atoms with van der Waals surface area (Å²) in [6.07, 6.45) is 4.59. The van der Waals surface area contributed by atoms with Crippen LogP contribution in [0.4, 0.5) is 11.4 Å². The van der Waals surface area contributed by atoms with Gasteiger partial charge >= 0.3 is 0 Å². The van der Waals surface area contributed by atoms with Crippen LogP contribution in [0.25, 0.3) is 10.9 Å². The van der Waals surface area contributed by atoms with E-state index >= 15 is 0 Å². The fraction of sp³-hybridized carbons (Fsp3) is 0.344. The molecule has 4 aromatic rings. The number of hydrogen-bond acceptors (Lipinski definition) is 6. The molecule has 2 fully saturated rings. The van der Waals surface area contributed by atoms with Crippen LogP contribution in [0.1, 0.15) is 48.7 Å². The molecular weight excluding hydrogens is 486 g/mol. The van der Waals surface area contributed by atoms with Gasteiger partial charge in [-0.3, -0.25) is 9.69 Å². The monoisotopic (exact) mass is 521 g/mol. The molecule has 1 aliphatic heterocycles. The van der Waals surface area contributed by atoms with Crippen molar-refractivity contribution in [2.75, 3.05) is 36.4 Å². The first kappa shape index (κ1) is 25.3. The number of fused-ring (bicyclic) bond motifs is 1. The maximum absolute atomic E-state index is 13.2. The topological polar surface area (TPSA) is 81.6 Å². The van der Waals surface area contributed by atoms with Crippen molar-refractivity contribution in [1.29, 1.82) is 0 Å². The van der Waals surface area contributed by atoms with Gasteiger partial charge in [0.1, 0.15) is 0 Å². The van der Waals surface area contributed by atoms with Gasteiger partial charge in [-0.1, -0.05) is 49.4 Å². The van der Waals surface area contributed by atoms with Gasteiger partial charge in [-0.15, -0.1) is 10.2 Å². The normalized spacial score (nSPS) is 22.1. The molecule has 1 aromatic heterocycles. The molecule has 1 amide bonds. The van der Waals surface area contributed by atoms with Crippen LogP contribution in [-0.2, 0) is 5.54 Å². The van der Waals surface area contributed by atoms with E-state index in [9.17, 15) is 9.90 Å². The van der Waals surface area contributed by atoms with Crippen LogP contribution in [-0.4, -0.2) is 52.3 Å². The van der Waals surface area contributed by atoms with E-state index < -0.39 is 5.91 Å². The van der Waals surface area contributed by atoms with Crippen molar-refractivity contribution in [2.45, 2.75) is 38.1 Å². The van der Waals surface area contributed by atoms with Crippen LogP contribution >= 0.6 is 0 Å². The molecule has 2 heterocycles. The first-order valence-corrected chi connectivity index (χ1v) is 13.9. The average molecular weight is 522 g/mol. The third kappa shape index (κ3) is 4.94. The summed E-state index contributed by atoms with van der Waals surface area (Å²) in [4.78, 5) is 18.3. The maximum Gasteiger partial charge on any atom is 0.280 e. The fourth-order valence-electron chi connectivity index (χ4n) is 6.33. The second-order valence-corrected chi connectivity index (χ2v) is 11.0. The third-order valence-electron chi connectivity index (χ3n) is 8.62. The quantitative estimate of drug-likeness (QED) is 0.345. The highest BCUT2D eigenvalue weighted by Crippen LogP contribution is 2.45. The van der Waals surface area contributed by atoms with Gasteiger partial charge in [-0.2, -0.15) is 0 Å². The smallest absolute Gasteiger partial charge is 0.280 e. The Morgan fingerprint density at radius 2 is 1.62 bits per heavy atom. The van der Waals surface area contributed by atoms with Crippen LogP contribution < -0.4 is 10.2 Å². The van der Waals surface area contributed by atoms with Gasteiger partial charge in [0, 0.05) is 48.5 Å². The number of piperazine rings is 1. The molecule has 1 saturated heterocycles. The van der Waals surface area contributed by atoms with E-state index in [1.807, 2.05) is 18.2 Å². The lowest BCUT2D eigenvalue weighted by Gasteiger charge is -2.51. The van der Waals surface area contributed by atoms with Gasteiger partial charge in [-0.25, -0.2) is 0 Å². The molecule has 0 unspecified atom stereocenters. The molecule has 6 rings (SSSR count). The number of nitrogens with zero attached hydrogens (tertiary/aromatic N) is 4. The Kier molecular flexibility index (Phi) is 6.92. The fourth-order valence-corrected chi connectivity index (χ4v) is 6.33. The van der Waals surface area contributed by atoms with E-state index in [-0.39, 0.29) is 17.0 Å². The van der Waals surface area contributed by atoms with Gasteiger partial charge in [-0.05, 0) is 73.6 Å². The van der Waals surface area contributed by atoms with Crippen LogP contribution in [0.5, 0.6) is 5.75 Å². The number of aromatic nitrogens is 2. The molecule has 39 heavy (non-hydrogen) atoms. The van der Waals surface area contributed by atoms with Crippen LogP contribution in [0.3, 0.4) is 0 Å². The number of para-hydroxylation sites is 1. The standard InChI is InChI=1S/C32H35N5O2/c1-23-14-16-32(17-15-23,37-20-18-36(19-21-37)26-10-3-2-4-11-26)24-8-7-9-25(22-24)33-31(39)29-30(38)27-12-5-6-13-28(27)34-35-29/h2-13,22-23H,14-21H2,1H3,(H,33,39)(H,34,38)/t23-,32-. The highest BCUT2D eigenvalue weighted by Gasteiger charge is 2.42. The molecule has 7 heteroatoms. The summed E-state index contributed by atoms with van der Waals surface area (Å²) in [5.74, 6) is 0.107. The number of rotatable bonds is 5. The molecule has 7 nitrogen and oxygen atoms in total. The summed E-state index contributed by atoms with van der Waals surface area (Å²) in [5.41, 5.74) is 3.66. The lowest BCUT2D eigenvalue weighted by Crippen LogP contribution is -2.56. The Hall–Kier alpha value is -3.97. The second kappa shape index (κ2) is 10.7. The summed E-state index contributed by atoms with van der Waals surface area (Å²) < 4.78 is 0. The van der Waals surface area contributed by atoms with Crippen molar-refractivity contribution in [2.24, 2.45) is 5.92 Å². The number of hydrogen-bond donors (Lipinski definition) is 2. The zero-order valence-electron chi connectivity index (χ0n) is 22.4. The average Bonchev–Trinajstić information content (AvgIpc) is 2.99. The number of aromatic hydroxyl groups is 1. The number of anilines is 2. The Morgan fingerprint density at radius 1 is 0.897 bits per heavy atom. The van der Waals surface area contributed by atoms with Crippen LogP contribution in [0, 0.1) is 5.92 Å². The Bertz CT molecular complexity index is 1460. The molecule has 1 saturated carbocycles. The lowest BCUT2D eigenvalue weighted by atomic mass is 9.71. The van der Waals surface area contributed by atoms with E-state index in [2.05, 4.69) is 74.7 Å². The highest BCUT2D eigenvalue weighted by atomic mass is 16.3. The highest BCUT2D eigenvalue weighted by molar-refractivity contribution is 6.07. The van der Waals surface area contributed by atoms with E-state index in [4.69, 9.17) is 0 Å². The first-order valence-electron chi connectivity index (χ1n) is 13.9. The van der Waals surface area contributed by atoms with Gasteiger partial charge in [0.15, 0.2) is 11.4 Å². The lowest BCUT2D eigenvalue weighted by molar-refractivity contribution is 0.0299. The van der Waals surface area contributed by atoms with E-state index in [0.29, 0.717) is 16.6 Å². The van der Waals surface area contributed by atoms with Crippen molar-refractivity contribution in [3.8, 4) is 5.75 Å². The Morgan fingerprint density at radius 3 is 2.38 bits per heavy atom. The van der Waals surface area contributed by atoms with Gasteiger partial charge < -0.3 is 15.3 Å². The Balaban J connectivity index is 1.25. The van der Waals surface area contributed by atoms with Crippen molar-refractivity contribution >= 4 is 28.2 Å². The van der Waals surface area contributed by atoms with E-state index in [1.165, 1.54) is 24.1 Å². The van der Waals surface area contributed by atoms with Crippen molar-refractivity contribution < 1.29 is 9.90 Å². The SMILES string of the molecule is C[C@H]1CC[C@](c2cccc(NC(=O)c3nnc4ccccc4c3O)c2)(N2CCN(c3ccccc3)CC2)CC1. The van der Waals surface area contributed by atoms with Crippen LogP contribution in [0.15, 0.2) is 78.9 Å². The molecule has 2 aliphatic rings. The Labute approximate surface area is 229 Å². The number of nitrogens with one attached hydrogen (secondary N) is 1. The number of benzene rings is 3. The van der Waals surface area contributed by atoms with Crippen molar-refractivity contribution in [1.82, 2.24) is 15.1 Å². The van der Waals surface area contributed by atoms with Crippen molar-refractivity contribution in [3.05, 3.63) is 90.1 Å². The predicted molar refractivity (Wildman–Crippen MR) is 155 cm³/mol. The molecule has 1 aliphatic carbocycles.